The van der Waals surface area contributed by atoms with Crippen LogP contribution in [0, 0.1) is 13.8 Å². The maximum Gasteiger partial charge on any atom is 0.336 e. The Labute approximate surface area is 231 Å². The highest BCUT2D eigenvalue weighted by Crippen LogP contribution is 2.29. The number of rotatable bonds is 7. The molecule has 5 aromatic rings. The Morgan fingerprint density at radius 2 is 1.74 bits per heavy atom. The van der Waals surface area contributed by atoms with E-state index in [1.165, 1.54) is 0 Å². The first-order chi connectivity index (χ1) is 18.7. The van der Waals surface area contributed by atoms with Crippen molar-refractivity contribution in [1.29, 1.82) is 0 Å². The number of carboxylic acid groups (broad SMARTS) is 1. The van der Waals surface area contributed by atoms with Crippen LogP contribution in [0.4, 0.5) is 0 Å². The molecule has 2 aromatic heterocycles. The van der Waals surface area contributed by atoms with E-state index >= 15 is 0 Å². The van der Waals surface area contributed by atoms with Crippen molar-refractivity contribution in [2.45, 2.75) is 33.4 Å². The van der Waals surface area contributed by atoms with Crippen LogP contribution in [0.3, 0.4) is 0 Å². The zero-order chi connectivity index (χ0) is 27.7. The van der Waals surface area contributed by atoms with E-state index in [0.717, 1.165) is 38.9 Å². The summed E-state index contributed by atoms with van der Waals surface area (Å²) in [5.41, 5.74) is 7.72. The van der Waals surface area contributed by atoms with Crippen molar-refractivity contribution in [3.05, 3.63) is 124 Å². The Morgan fingerprint density at radius 3 is 2.44 bits per heavy atom. The Balaban J connectivity index is 1.38. The molecule has 0 saturated carbocycles. The van der Waals surface area contributed by atoms with Crippen LogP contribution in [0.15, 0.2) is 85.1 Å². The van der Waals surface area contributed by atoms with E-state index in [4.69, 9.17) is 11.6 Å². The molecule has 2 heterocycles. The third-order valence-corrected chi connectivity index (χ3v) is 7.49. The van der Waals surface area contributed by atoms with Crippen LogP contribution < -0.4 is 5.32 Å². The van der Waals surface area contributed by atoms with Gasteiger partial charge in [0, 0.05) is 34.9 Å². The molecule has 0 aliphatic carbocycles. The number of hydrogen-bond acceptors (Lipinski definition) is 3. The van der Waals surface area contributed by atoms with E-state index in [1.807, 2.05) is 67.6 Å². The molecule has 7 heteroatoms. The lowest BCUT2D eigenvalue weighted by molar-refractivity contribution is 0.0697. The molecule has 2 N–H and O–H groups in total. The molecule has 196 valence electrons. The van der Waals surface area contributed by atoms with Crippen molar-refractivity contribution in [3.8, 4) is 11.1 Å². The lowest BCUT2D eigenvalue weighted by atomic mass is 9.99. The Hall–Kier alpha value is -4.42. The third kappa shape index (κ3) is 5.29. The Kier molecular flexibility index (Phi) is 7.22. The van der Waals surface area contributed by atoms with Gasteiger partial charge in [0.25, 0.3) is 5.91 Å². The number of nitrogens with one attached hydrogen (secondary N) is 1. The Bertz CT molecular complexity index is 1690. The highest BCUT2D eigenvalue weighted by atomic mass is 35.5. The van der Waals surface area contributed by atoms with Gasteiger partial charge in [0.15, 0.2) is 0 Å². The van der Waals surface area contributed by atoms with Crippen molar-refractivity contribution >= 4 is 34.4 Å². The molecule has 0 saturated heterocycles. The first-order valence-electron chi connectivity index (χ1n) is 12.7. The minimum absolute atomic E-state index is 0.151. The van der Waals surface area contributed by atoms with Crippen LogP contribution in [0.1, 0.15) is 56.1 Å². The molecule has 3 aromatic carbocycles. The summed E-state index contributed by atoms with van der Waals surface area (Å²) < 4.78 is 2.24. The molecule has 0 spiro atoms. The number of fused-ring (bicyclic) bond motifs is 1. The summed E-state index contributed by atoms with van der Waals surface area (Å²) >= 11 is 5.88. The smallest absolute Gasteiger partial charge is 0.336 e. The fourth-order valence-corrected chi connectivity index (χ4v) is 5.01. The maximum atomic E-state index is 13.0. The van der Waals surface area contributed by atoms with E-state index in [1.54, 1.807) is 24.4 Å². The van der Waals surface area contributed by atoms with Crippen molar-refractivity contribution < 1.29 is 14.7 Å². The number of aromatic carboxylic acids is 1. The number of carbonyl (C=O) groups is 2. The third-order valence-electron chi connectivity index (χ3n) is 7.26. The van der Waals surface area contributed by atoms with Crippen molar-refractivity contribution in [2.24, 2.45) is 0 Å². The molecule has 6 nitrogen and oxygen atoms in total. The molecule has 39 heavy (non-hydrogen) atoms. The predicted molar refractivity (Wildman–Crippen MR) is 154 cm³/mol. The first-order valence-corrected chi connectivity index (χ1v) is 13.0. The van der Waals surface area contributed by atoms with Gasteiger partial charge in [-0.3, -0.25) is 4.79 Å². The average Bonchev–Trinajstić information content (AvgIpc) is 3.18. The second kappa shape index (κ2) is 10.8. The molecule has 1 amide bonds. The first kappa shape index (κ1) is 26.2. The highest BCUT2D eigenvalue weighted by Gasteiger charge is 2.17. The van der Waals surface area contributed by atoms with E-state index in [2.05, 4.69) is 28.7 Å². The minimum Gasteiger partial charge on any atom is -0.478 e. The fraction of sp³-hybridized carbons (Fsp3) is 0.156. The number of carboxylic acids is 1. The second-order valence-corrected chi connectivity index (χ2v) is 10.1. The average molecular weight is 538 g/mol. The number of pyridine rings is 1. The van der Waals surface area contributed by atoms with Crippen LogP contribution >= 0.6 is 11.6 Å². The van der Waals surface area contributed by atoms with Crippen LogP contribution in [0.5, 0.6) is 0 Å². The molecule has 0 aliphatic rings. The van der Waals surface area contributed by atoms with Crippen LogP contribution in [-0.2, 0) is 6.54 Å². The zero-order valence-electron chi connectivity index (χ0n) is 21.9. The monoisotopic (exact) mass is 537 g/mol. The molecule has 0 radical (unpaired) electrons. The van der Waals surface area contributed by atoms with Gasteiger partial charge in [-0.2, -0.15) is 0 Å². The largest absolute Gasteiger partial charge is 0.478 e. The number of amides is 1. The number of nitrogens with zero attached hydrogens (tertiary/aromatic N) is 2. The van der Waals surface area contributed by atoms with Crippen molar-refractivity contribution in [3.63, 3.8) is 0 Å². The summed E-state index contributed by atoms with van der Waals surface area (Å²) in [4.78, 5) is 28.8. The number of benzene rings is 3. The number of aromatic nitrogens is 2. The van der Waals surface area contributed by atoms with Crippen molar-refractivity contribution in [2.75, 3.05) is 0 Å². The molecule has 5 rings (SSSR count). The van der Waals surface area contributed by atoms with Gasteiger partial charge >= 0.3 is 5.97 Å². The Morgan fingerprint density at radius 1 is 1.00 bits per heavy atom. The van der Waals surface area contributed by atoms with Gasteiger partial charge in [0.1, 0.15) is 5.15 Å². The van der Waals surface area contributed by atoms with E-state index in [0.29, 0.717) is 22.8 Å². The summed E-state index contributed by atoms with van der Waals surface area (Å²) in [6, 6.07) is 24.2. The second-order valence-electron chi connectivity index (χ2n) is 9.69. The topological polar surface area (TPSA) is 84.2 Å². The molecule has 1 unspecified atom stereocenters. The highest BCUT2D eigenvalue weighted by molar-refractivity contribution is 6.29. The maximum absolute atomic E-state index is 13.0. The van der Waals surface area contributed by atoms with E-state index in [9.17, 15) is 14.7 Å². The lowest BCUT2D eigenvalue weighted by Crippen LogP contribution is -2.26. The SMILES string of the molecule is Cc1c(C)n(Cc2ccc(-c3ccccc3C(=O)O)cc2)c2ccc(C(=O)NC(C)c3ccc(Cl)nc3)cc12. The molecule has 0 aliphatic heterocycles. The number of hydrogen-bond donors (Lipinski definition) is 2. The number of halogens is 1. The quantitative estimate of drug-likeness (QED) is 0.215. The molecular weight excluding hydrogens is 510 g/mol. The number of carbonyl (C=O) groups excluding carboxylic acids is 1. The van der Waals surface area contributed by atoms with E-state index < -0.39 is 5.97 Å². The summed E-state index contributed by atoms with van der Waals surface area (Å²) in [6.07, 6.45) is 1.67. The van der Waals surface area contributed by atoms with Gasteiger partial charge in [-0.25, -0.2) is 9.78 Å². The van der Waals surface area contributed by atoms with Crippen molar-refractivity contribution in [1.82, 2.24) is 14.9 Å². The summed E-state index contributed by atoms with van der Waals surface area (Å²) in [5.74, 6) is -1.09. The fourth-order valence-electron chi connectivity index (χ4n) is 4.90. The molecule has 1 atom stereocenters. The summed E-state index contributed by atoms with van der Waals surface area (Å²) in [5, 5.41) is 14.0. The zero-order valence-corrected chi connectivity index (χ0v) is 22.7. The standard InChI is InChI=1S/C32H28ClN3O3/c1-19-21(3)36(18-22-8-10-23(11-9-22)26-6-4-5-7-27(26)32(38)39)29-14-12-24(16-28(19)29)31(37)35-20(2)25-13-15-30(33)34-17-25/h4-17,20H,18H2,1-3H3,(H,35,37)(H,38,39). The van der Waals surface area contributed by atoms with Crippen LogP contribution in [0.25, 0.3) is 22.0 Å². The minimum atomic E-state index is -0.941. The lowest BCUT2D eigenvalue weighted by Gasteiger charge is -2.14. The van der Waals surface area contributed by atoms with Gasteiger partial charge in [0.05, 0.1) is 11.6 Å². The van der Waals surface area contributed by atoms with Gasteiger partial charge in [-0.05, 0) is 78.9 Å². The molecule has 0 bridgehead atoms. The van der Waals surface area contributed by atoms with E-state index in [-0.39, 0.29) is 17.5 Å². The molecule has 0 fully saturated rings. The summed E-state index contributed by atoms with van der Waals surface area (Å²) in [6.45, 7) is 6.73. The number of aryl methyl sites for hydroxylation is 1. The van der Waals surface area contributed by atoms with Crippen LogP contribution in [0.2, 0.25) is 5.15 Å². The van der Waals surface area contributed by atoms with Crippen LogP contribution in [-0.4, -0.2) is 26.5 Å². The summed E-state index contributed by atoms with van der Waals surface area (Å²) in [7, 11) is 0. The van der Waals surface area contributed by atoms with Gasteiger partial charge < -0.3 is 15.0 Å². The van der Waals surface area contributed by atoms with Gasteiger partial charge in [-0.15, -0.1) is 0 Å². The van der Waals surface area contributed by atoms with Gasteiger partial charge in [-0.1, -0.05) is 60.1 Å². The predicted octanol–water partition coefficient (Wildman–Crippen LogP) is 7.21. The normalized spacial score (nSPS) is 11.9. The molecular formula is C32H28ClN3O3. The van der Waals surface area contributed by atoms with Gasteiger partial charge in [0.2, 0.25) is 0 Å².